The molecule has 0 aliphatic carbocycles. The van der Waals surface area contributed by atoms with Crippen LogP contribution in [-0.2, 0) is 17.1 Å². The van der Waals surface area contributed by atoms with Crippen molar-refractivity contribution in [1.29, 1.82) is 0 Å². The molecule has 0 radical (unpaired) electrons. The van der Waals surface area contributed by atoms with Crippen molar-refractivity contribution in [2.75, 3.05) is 10.5 Å². The first-order valence-corrected chi connectivity index (χ1v) is 7.76. The van der Waals surface area contributed by atoms with Gasteiger partial charge in [-0.2, -0.15) is 5.10 Å². The van der Waals surface area contributed by atoms with Crippen molar-refractivity contribution in [3.05, 3.63) is 34.2 Å². The highest BCUT2D eigenvalue weighted by molar-refractivity contribution is 9.10. The zero-order valence-corrected chi connectivity index (χ0v) is 13.1. The van der Waals surface area contributed by atoms with Crippen LogP contribution in [-0.4, -0.2) is 18.2 Å². The molecule has 0 aliphatic heterocycles. The van der Waals surface area contributed by atoms with E-state index >= 15 is 0 Å². The number of halogens is 2. The molecule has 108 valence electrons. The first-order chi connectivity index (χ1) is 9.20. The molecule has 0 unspecified atom stereocenters. The molecule has 0 aliphatic rings. The van der Waals surface area contributed by atoms with Crippen molar-refractivity contribution < 1.29 is 12.8 Å². The number of sulfonamides is 1. The monoisotopic (exact) mass is 362 g/mol. The molecule has 1 aromatic heterocycles. The second-order valence-corrected chi connectivity index (χ2v) is 6.74. The highest BCUT2D eigenvalue weighted by atomic mass is 79.9. The maximum absolute atomic E-state index is 13.3. The number of nitrogens with zero attached hydrogens (tertiary/aromatic N) is 2. The Morgan fingerprint density at radius 3 is 2.65 bits per heavy atom. The van der Waals surface area contributed by atoms with E-state index in [2.05, 4.69) is 25.8 Å². The van der Waals surface area contributed by atoms with Crippen LogP contribution in [0.25, 0.3) is 0 Å². The molecule has 9 heteroatoms. The largest absolute Gasteiger partial charge is 0.381 e. The van der Waals surface area contributed by atoms with Crippen LogP contribution in [0.1, 0.15) is 5.56 Å². The number of rotatable bonds is 3. The molecule has 0 atom stereocenters. The van der Waals surface area contributed by atoms with E-state index in [-0.39, 0.29) is 20.9 Å². The van der Waals surface area contributed by atoms with Crippen molar-refractivity contribution >= 4 is 37.5 Å². The predicted octanol–water partition coefficient (Wildman–Crippen LogP) is 2.01. The van der Waals surface area contributed by atoms with Gasteiger partial charge >= 0.3 is 0 Å². The lowest BCUT2D eigenvalue weighted by Gasteiger charge is -2.10. The molecule has 6 nitrogen and oxygen atoms in total. The van der Waals surface area contributed by atoms with E-state index in [1.54, 1.807) is 14.0 Å². The Kier molecular flexibility index (Phi) is 3.74. The number of hydrogen-bond donors (Lipinski definition) is 2. The van der Waals surface area contributed by atoms with Crippen molar-refractivity contribution in [3.8, 4) is 0 Å². The predicted molar refractivity (Wildman–Crippen MR) is 77.3 cm³/mol. The Bertz CT molecular complexity index is 773. The van der Waals surface area contributed by atoms with E-state index in [0.717, 1.165) is 0 Å². The fourth-order valence-corrected chi connectivity index (χ4v) is 3.22. The molecule has 3 N–H and O–H groups in total. The maximum Gasteiger partial charge on any atom is 0.267 e. The molecule has 2 rings (SSSR count). The number of nitrogen functional groups attached to an aromatic ring is 1. The zero-order valence-electron chi connectivity index (χ0n) is 10.7. The summed E-state index contributed by atoms with van der Waals surface area (Å²) in [7, 11) is -2.31. The summed E-state index contributed by atoms with van der Waals surface area (Å²) in [4.78, 5) is -0.125. The van der Waals surface area contributed by atoms with Gasteiger partial charge in [0.2, 0.25) is 0 Å². The normalized spacial score (nSPS) is 11.6. The van der Waals surface area contributed by atoms with Crippen LogP contribution in [0.5, 0.6) is 0 Å². The average molecular weight is 363 g/mol. The lowest BCUT2D eigenvalue weighted by Crippen LogP contribution is -2.14. The van der Waals surface area contributed by atoms with Crippen molar-refractivity contribution in [2.24, 2.45) is 7.05 Å². The highest BCUT2D eigenvalue weighted by Gasteiger charge is 2.21. The standard InChI is InChI=1S/C11H12BrFN4O2S/c1-6-3-8(13)7(12)4-9(6)16-20(18,19)10-5-17(2)15-11(10)14/h3-5,16H,1-2H3,(H2,14,15). The average Bonchev–Trinajstić information content (AvgIpc) is 2.66. The van der Waals surface area contributed by atoms with E-state index in [1.165, 1.54) is 23.0 Å². The summed E-state index contributed by atoms with van der Waals surface area (Å²) in [5.41, 5.74) is 6.27. The summed E-state index contributed by atoms with van der Waals surface area (Å²) < 4.78 is 41.6. The van der Waals surface area contributed by atoms with Gasteiger partial charge in [-0.25, -0.2) is 12.8 Å². The Hall–Kier alpha value is -1.61. The molecule has 0 fully saturated rings. The minimum Gasteiger partial charge on any atom is -0.381 e. The van der Waals surface area contributed by atoms with Crippen LogP contribution in [0.3, 0.4) is 0 Å². The SMILES string of the molecule is Cc1cc(F)c(Br)cc1NS(=O)(=O)c1cn(C)nc1N. The van der Waals surface area contributed by atoms with Gasteiger partial charge in [-0.1, -0.05) is 0 Å². The topological polar surface area (TPSA) is 90.0 Å². The molecular weight excluding hydrogens is 351 g/mol. The van der Waals surface area contributed by atoms with Gasteiger partial charge < -0.3 is 5.73 Å². The second kappa shape index (κ2) is 5.06. The van der Waals surface area contributed by atoms with E-state index in [4.69, 9.17) is 5.73 Å². The molecule has 0 saturated carbocycles. The van der Waals surface area contributed by atoms with Crippen LogP contribution in [0, 0.1) is 12.7 Å². The molecule has 0 amide bonds. The lowest BCUT2D eigenvalue weighted by atomic mass is 10.2. The van der Waals surface area contributed by atoms with Crippen LogP contribution in [0.2, 0.25) is 0 Å². The third kappa shape index (κ3) is 2.78. The number of aromatic nitrogens is 2. The summed E-state index contributed by atoms with van der Waals surface area (Å²) in [6.07, 6.45) is 1.30. The fourth-order valence-electron chi connectivity index (χ4n) is 1.65. The summed E-state index contributed by atoms with van der Waals surface area (Å²) >= 11 is 3.01. The van der Waals surface area contributed by atoms with E-state index in [0.29, 0.717) is 5.56 Å². The quantitative estimate of drug-likeness (QED) is 0.873. The van der Waals surface area contributed by atoms with Crippen molar-refractivity contribution in [1.82, 2.24) is 9.78 Å². The summed E-state index contributed by atoms with van der Waals surface area (Å²) in [6, 6.07) is 2.59. The summed E-state index contributed by atoms with van der Waals surface area (Å²) in [5.74, 6) is -0.565. The minimum atomic E-state index is -3.88. The molecule has 0 bridgehead atoms. The van der Waals surface area contributed by atoms with Gasteiger partial charge in [0.05, 0.1) is 10.2 Å². The van der Waals surface area contributed by atoms with Crippen LogP contribution >= 0.6 is 15.9 Å². The molecule has 1 aromatic carbocycles. The van der Waals surface area contributed by atoms with Gasteiger partial charge in [0.15, 0.2) is 5.82 Å². The molecule has 0 saturated heterocycles. The maximum atomic E-state index is 13.3. The van der Waals surface area contributed by atoms with Gasteiger partial charge in [0, 0.05) is 13.2 Å². The third-order valence-corrected chi connectivity index (χ3v) is 4.61. The van der Waals surface area contributed by atoms with Crippen LogP contribution in [0.4, 0.5) is 15.9 Å². The zero-order chi connectivity index (χ0) is 15.1. The molecule has 20 heavy (non-hydrogen) atoms. The molecular formula is C11H12BrFN4O2S. The van der Waals surface area contributed by atoms with E-state index in [9.17, 15) is 12.8 Å². The number of hydrogen-bond acceptors (Lipinski definition) is 4. The Morgan fingerprint density at radius 2 is 2.10 bits per heavy atom. The number of anilines is 2. The Morgan fingerprint density at radius 1 is 1.45 bits per heavy atom. The van der Waals surface area contributed by atoms with Gasteiger partial charge in [-0.05, 0) is 40.5 Å². The van der Waals surface area contributed by atoms with Gasteiger partial charge in [0.25, 0.3) is 10.0 Å². The number of nitrogens with two attached hydrogens (primary N) is 1. The molecule has 1 heterocycles. The first kappa shape index (κ1) is 14.8. The van der Waals surface area contributed by atoms with Gasteiger partial charge in [0.1, 0.15) is 10.7 Å². The Labute approximate surface area is 124 Å². The van der Waals surface area contributed by atoms with E-state index < -0.39 is 15.8 Å². The van der Waals surface area contributed by atoms with Crippen LogP contribution < -0.4 is 10.5 Å². The highest BCUT2D eigenvalue weighted by Crippen LogP contribution is 2.27. The smallest absolute Gasteiger partial charge is 0.267 e. The van der Waals surface area contributed by atoms with Gasteiger partial charge in [-0.15, -0.1) is 0 Å². The van der Waals surface area contributed by atoms with Crippen molar-refractivity contribution in [3.63, 3.8) is 0 Å². The number of benzene rings is 1. The lowest BCUT2D eigenvalue weighted by molar-refractivity contribution is 0.601. The van der Waals surface area contributed by atoms with Gasteiger partial charge in [-0.3, -0.25) is 9.40 Å². The van der Waals surface area contributed by atoms with Crippen molar-refractivity contribution in [2.45, 2.75) is 11.8 Å². The molecule has 2 aromatic rings. The minimum absolute atomic E-state index is 0.0983. The fraction of sp³-hybridized carbons (Fsp3) is 0.182. The number of aryl methyl sites for hydroxylation is 2. The van der Waals surface area contributed by atoms with Crippen LogP contribution in [0.15, 0.2) is 27.7 Å². The van der Waals surface area contributed by atoms with E-state index in [1.807, 2.05) is 0 Å². The second-order valence-electron chi connectivity index (χ2n) is 4.24. The first-order valence-electron chi connectivity index (χ1n) is 5.48. The summed E-state index contributed by atoms with van der Waals surface area (Å²) in [6.45, 7) is 1.60. The summed E-state index contributed by atoms with van der Waals surface area (Å²) in [5, 5.41) is 3.78. The Balaban J connectivity index is 2.43. The third-order valence-electron chi connectivity index (χ3n) is 2.62. The molecule has 0 spiro atoms. The number of nitrogens with one attached hydrogen (secondary N) is 1.